The molecule has 1 aromatic rings. The fourth-order valence-electron chi connectivity index (χ4n) is 3.25. The number of rotatable bonds is 6. The highest BCUT2D eigenvalue weighted by atomic mass is 16.5. The molecule has 1 heterocycles. The zero-order valence-electron chi connectivity index (χ0n) is 15.2. The summed E-state index contributed by atoms with van der Waals surface area (Å²) in [7, 11) is 4.73. The summed E-state index contributed by atoms with van der Waals surface area (Å²) >= 11 is 0. The molecule has 1 aliphatic heterocycles. The molecule has 1 unspecified atom stereocenters. The van der Waals surface area contributed by atoms with E-state index < -0.39 is 0 Å². The van der Waals surface area contributed by atoms with Gasteiger partial charge in [0.05, 0.1) is 21.3 Å². The number of carbonyl (C=O) groups excluding carboxylic acids is 1. The largest absolute Gasteiger partial charge is 0.493 e. The number of nitrogens with zero attached hydrogens (tertiary/aromatic N) is 1. The maximum Gasteiger partial charge on any atom is 0.317 e. The molecule has 1 saturated heterocycles. The van der Waals surface area contributed by atoms with Gasteiger partial charge in [-0.3, -0.25) is 0 Å². The number of likely N-dealkylation sites (tertiary alicyclic amines) is 1. The van der Waals surface area contributed by atoms with Gasteiger partial charge in [0.2, 0.25) is 5.75 Å². The summed E-state index contributed by atoms with van der Waals surface area (Å²) in [5.41, 5.74) is 0.901. The molecule has 2 rings (SSSR count). The van der Waals surface area contributed by atoms with E-state index in [2.05, 4.69) is 19.2 Å². The summed E-state index contributed by atoms with van der Waals surface area (Å²) in [5.74, 6) is 2.19. The predicted octanol–water partition coefficient (Wildman–Crippen LogP) is 3.04. The second kappa shape index (κ2) is 8.13. The third-order valence-corrected chi connectivity index (χ3v) is 4.50. The SMILES string of the molecule is COc1cc(CNC(=O)N2CCCC2C(C)C)cc(OC)c1OC. The zero-order chi connectivity index (χ0) is 17.7. The number of hydrogen-bond donors (Lipinski definition) is 1. The van der Waals surface area contributed by atoms with Gasteiger partial charge in [-0.05, 0) is 36.5 Å². The smallest absolute Gasteiger partial charge is 0.317 e. The average Bonchev–Trinajstić information content (AvgIpc) is 3.08. The van der Waals surface area contributed by atoms with Gasteiger partial charge in [-0.15, -0.1) is 0 Å². The van der Waals surface area contributed by atoms with Gasteiger partial charge in [0, 0.05) is 19.1 Å². The van der Waals surface area contributed by atoms with Crippen LogP contribution in [0.15, 0.2) is 12.1 Å². The number of ether oxygens (including phenoxy) is 3. The lowest BCUT2D eigenvalue weighted by Crippen LogP contribution is -2.44. The highest BCUT2D eigenvalue weighted by molar-refractivity contribution is 5.75. The quantitative estimate of drug-likeness (QED) is 0.867. The second-order valence-corrected chi connectivity index (χ2v) is 6.34. The van der Waals surface area contributed by atoms with Crippen molar-refractivity contribution in [3.63, 3.8) is 0 Å². The van der Waals surface area contributed by atoms with Gasteiger partial charge in [0.25, 0.3) is 0 Å². The third-order valence-electron chi connectivity index (χ3n) is 4.50. The van der Waals surface area contributed by atoms with Gasteiger partial charge in [-0.25, -0.2) is 4.79 Å². The first-order valence-corrected chi connectivity index (χ1v) is 8.35. The van der Waals surface area contributed by atoms with Crippen LogP contribution in [0.4, 0.5) is 4.79 Å². The molecule has 0 bridgehead atoms. The standard InChI is InChI=1S/C18H28N2O4/c1-12(2)14-7-6-8-20(14)18(21)19-11-13-9-15(22-3)17(24-5)16(10-13)23-4/h9-10,12,14H,6-8,11H2,1-5H3,(H,19,21). The van der Waals surface area contributed by atoms with Crippen molar-refractivity contribution in [2.75, 3.05) is 27.9 Å². The van der Waals surface area contributed by atoms with Crippen molar-refractivity contribution in [1.82, 2.24) is 10.2 Å². The van der Waals surface area contributed by atoms with E-state index in [1.54, 1.807) is 21.3 Å². The Bertz CT molecular complexity index is 549. The van der Waals surface area contributed by atoms with E-state index in [0.29, 0.717) is 35.8 Å². The first-order valence-electron chi connectivity index (χ1n) is 8.35. The summed E-state index contributed by atoms with van der Waals surface area (Å²) < 4.78 is 16.0. The van der Waals surface area contributed by atoms with E-state index >= 15 is 0 Å². The maximum atomic E-state index is 12.5. The van der Waals surface area contributed by atoms with Crippen LogP contribution in [0, 0.1) is 5.92 Å². The monoisotopic (exact) mass is 336 g/mol. The summed E-state index contributed by atoms with van der Waals surface area (Å²) in [6.45, 7) is 5.56. The van der Waals surface area contributed by atoms with Crippen LogP contribution in [0.5, 0.6) is 17.2 Å². The normalized spacial score (nSPS) is 17.1. The molecular formula is C18H28N2O4. The van der Waals surface area contributed by atoms with E-state index in [4.69, 9.17) is 14.2 Å². The molecule has 1 fully saturated rings. The Hall–Kier alpha value is -2.11. The van der Waals surface area contributed by atoms with Gasteiger partial charge in [0.1, 0.15) is 0 Å². The van der Waals surface area contributed by atoms with Crippen molar-refractivity contribution in [3.8, 4) is 17.2 Å². The molecule has 2 amide bonds. The highest BCUT2D eigenvalue weighted by Crippen LogP contribution is 2.38. The fraction of sp³-hybridized carbons (Fsp3) is 0.611. The highest BCUT2D eigenvalue weighted by Gasteiger charge is 2.30. The second-order valence-electron chi connectivity index (χ2n) is 6.34. The van der Waals surface area contributed by atoms with Crippen LogP contribution >= 0.6 is 0 Å². The zero-order valence-corrected chi connectivity index (χ0v) is 15.2. The number of methoxy groups -OCH3 is 3. The van der Waals surface area contributed by atoms with Crippen molar-refractivity contribution in [2.24, 2.45) is 5.92 Å². The Morgan fingerprint density at radius 3 is 2.33 bits per heavy atom. The molecule has 6 nitrogen and oxygen atoms in total. The lowest BCUT2D eigenvalue weighted by molar-refractivity contribution is 0.178. The van der Waals surface area contributed by atoms with Gasteiger partial charge in [-0.2, -0.15) is 0 Å². The summed E-state index contributed by atoms with van der Waals surface area (Å²) in [5, 5.41) is 3.00. The molecule has 24 heavy (non-hydrogen) atoms. The van der Waals surface area contributed by atoms with Crippen LogP contribution in [0.25, 0.3) is 0 Å². The van der Waals surface area contributed by atoms with E-state index in [-0.39, 0.29) is 6.03 Å². The topological polar surface area (TPSA) is 60.0 Å². The van der Waals surface area contributed by atoms with Crippen molar-refractivity contribution < 1.29 is 19.0 Å². The first-order chi connectivity index (χ1) is 11.5. The van der Waals surface area contributed by atoms with Gasteiger partial charge in [0.15, 0.2) is 11.5 Å². The van der Waals surface area contributed by atoms with Crippen LogP contribution in [-0.2, 0) is 6.54 Å². The van der Waals surface area contributed by atoms with E-state index in [1.807, 2.05) is 17.0 Å². The maximum absolute atomic E-state index is 12.5. The molecule has 1 atom stereocenters. The molecular weight excluding hydrogens is 308 g/mol. The molecule has 6 heteroatoms. The minimum atomic E-state index is -0.0139. The minimum absolute atomic E-state index is 0.0139. The molecule has 0 radical (unpaired) electrons. The van der Waals surface area contributed by atoms with E-state index in [1.165, 1.54) is 0 Å². The van der Waals surface area contributed by atoms with Crippen LogP contribution in [0.3, 0.4) is 0 Å². The number of carbonyl (C=O) groups is 1. The van der Waals surface area contributed by atoms with Crippen LogP contribution < -0.4 is 19.5 Å². The molecule has 1 aromatic carbocycles. The van der Waals surface area contributed by atoms with Crippen LogP contribution in [0.1, 0.15) is 32.3 Å². The lowest BCUT2D eigenvalue weighted by atomic mass is 10.0. The predicted molar refractivity (Wildman–Crippen MR) is 92.9 cm³/mol. The molecule has 0 aliphatic carbocycles. The molecule has 0 spiro atoms. The summed E-state index contributed by atoms with van der Waals surface area (Å²) in [4.78, 5) is 14.4. The first kappa shape index (κ1) is 18.2. The fourth-order valence-corrected chi connectivity index (χ4v) is 3.25. The molecule has 1 aliphatic rings. The van der Waals surface area contributed by atoms with Crippen LogP contribution in [-0.4, -0.2) is 44.8 Å². The van der Waals surface area contributed by atoms with Crippen LogP contribution in [0.2, 0.25) is 0 Å². The molecule has 0 aromatic heterocycles. The number of urea groups is 1. The Kier molecular flexibility index (Phi) is 6.17. The van der Waals surface area contributed by atoms with E-state index in [9.17, 15) is 4.79 Å². The Morgan fingerprint density at radius 2 is 1.83 bits per heavy atom. The Balaban J connectivity index is 2.07. The van der Waals surface area contributed by atoms with Gasteiger partial charge >= 0.3 is 6.03 Å². The number of amides is 2. The van der Waals surface area contributed by atoms with Gasteiger partial charge < -0.3 is 24.4 Å². The van der Waals surface area contributed by atoms with Crippen molar-refractivity contribution in [1.29, 1.82) is 0 Å². The number of nitrogens with one attached hydrogen (secondary N) is 1. The number of benzene rings is 1. The Morgan fingerprint density at radius 1 is 1.21 bits per heavy atom. The summed E-state index contributed by atoms with van der Waals surface area (Å²) in [6, 6.07) is 4.02. The van der Waals surface area contributed by atoms with Gasteiger partial charge in [-0.1, -0.05) is 13.8 Å². The average molecular weight is 336 g/mol. The van der Waals surface area contributed by atoms with Crippen molar-refractivity contribution in [2.45, 2.75) is 39.3 Å². The number of hydrogen-bond acceptors (Lipinski definition) is 4. The molecule has 1 N–H and O–H groups in total. The minimum Gasteiger partial charge on any atom is -0.493 e. The molecule has 0 saturated carbocycles. The van der Waals surface area contributed by atoms with E-state index in [0.717, 1.165) is 24.9 Å². The third kappa shape index (κ3) is 3.86. The van der Waals surface area contributed by atoms with Crippen molar-refractivity contribution in [3.05, 3.63) is 17.7 Å². The lowest BCUT2D eigenvalue weighted by Gasteiger charge is -2.28. The summed E-state index contributed by atoms with van der Waals surface area (Å²) in [6.07, 6.45) is 2.15. The van der Waals surface area contributed by atoms with Crippen molar-refractivity contribution >= 4 is 6.03 Å². The Labute approximate surface area is 144 Å². The molecule has 134 valence electrons.